The molecule has 5 heteroatoms. The lowest BCUT2D eigenvalue weighted by molar-refractivity contribution is -0.131. The summed E-state index contributed by atoms with van der Waals surface area (Å²) in [6.07, 6.45) is 14.0. The van der Waals surface area contributed by atoms with Crippen LogP contribution in [0.5, 0.6) is 0 Å². The molecule has 0 unspecified atom stereocenters. The molecule has 5 nitrogen and oxygen atoms in total. The number of benzene rings is 1. The minimum Gasteiger partial charge on any atom is -0.353 e. The molecule has 192 valence electrons. The zero-order valence-corrected chi connectivity index (χ0v) is 22.4. The molecule has 0 spiro atoms. The summed E-state index contributed by atoms with van der Waals surface area (Å²) in [6, 6.07) is 10.6. The van der Waals surface area contributed by atoms with Crippen molar-refractivity contribution in [2.24, 2.45) is 0 Å². The van der Waals surface area contributed by atoms with E-state index in [1.54, 1.807) is 0 Å². The molecule has 0 aliphatic carbocycles. The molecular formula is C30H46N4O. The molecule has 1 amide bonds. The molecule has 2 heterocycles. The molecule has 0 bridgehead atoms. The zero-order chi connectivity index (χ0) is 24.9. The van der Waals surface area contributed by atoms with E-state index in [0.717, 1.165) is 62.8 Å². The SMILES string of the molecule is CCCCCCCCCCCC(=O)N1CCN(c2nc(C)nc(CC)c2Cc2ccccc2)CC1. The maximum Gasteiger partial charge on any atom is 0.222 e. The molecule has 1 aromatic heterocycles. The van der Waals surface area contributed by atoms with Crippen LogP contribution in [0.4, 0.5) is 5.82 Å². The van der Waals surface area contributed by atoms with Gasteiger partial charge in [-0.2, -0.15) is 0 Å². The number of aromatic nitrogens is 2. The van der Waals surface area contributed by atoms with Crippen molar-refractivity contribution in [3.63, 3.8) is 0 Å². The average Bonchev–Trinajstić information content (AvgIpc) is 2.89. The number of piperazine rings is 1. The number of anilines is 1. The van der Waals surface area contributed by atoms with E-state index in [9.17, 15) is 4.79 Å². The predicted molar refractivity (Wildman–Crippen MR) is 146 cm³/mol. The van der Waals surface area contributed by atoms with Crippen LogP contribution in [0.25, 0.3) is 0 Å². The number of rotatable bonds is 14. The second kappa shape index (κ2) is 14.9. The molecule has 0 saturated carbocycles. The number of hydrogen-bond acceptors (Lipinski definition) is 4. The normalized spacial score (nSPS) is 13.9. The Hall–Kier alpha value is -2.43. The van der Waals surface area contributed by atoms with Crippen molar-refractivity contribution >= 4 is 11.7 Å². The van der Waals surface area contributed by atoms with E-state index in [0.29, 0.717) is 12.3 Å². The van der Waals surface area contributed by atoms with E-state index in [2.05, 4.69) is 54.0 Å². The summed E-state index contributed by atoms with van der Waals surface area (Å²) in [7, 11) is 0. The highest BCUT2D eigenvalue weighted by Crippen LogP contribution is 2.26. The van der Waals surface area contributed by atoms with Crippen molar-refractivity contribution in [2.75, 3.05) is 31.1 Å². The molecule has 0 radical (unpaired) electrons. The zero-order valence-electron chi connectivity index (χ0n) is 22.4. The highest BCUT2D eigenvalue weighted by Gasteiger charge is 2.25. The van der Waals surface area contributed by atoms with Gasteiger partial charge in [-0.05, 0) is 25.3 Å². The van der Waals surface area contributed by atoms with Gasteiger partial charge in [-0.25, -0.2) is 9.97 Å². The number of carbonyl (C=O) groups is 1. The number of nitrogens with zero attached hydrogens (tertiary/aromatic N) is 4. The van der Waals surface area contributed by atoms with Crippen LogP contribution in [0.2, 0.25) is 0 Å². The van der Waals surface area contributed by atoms with Crippen molar-refractivity contribution in [3.8, 4) is 0 Å². The van der Waals surface area contributed by atoms with Gasteiger partial charge in [0.1, 0.15) is 11.6 Å². The first-order valence-electron chi connectivity index (χ1n) is 14.0. The standard InChI is InChI=1S/C30H46N4O/c1-4-6-7-8-9-10-11-12-16-19-29(35)33-20-22-34(23-21-33)30-27(24-26-17-14-13-15-18-26)28(5-2)31-25(3)32-30/h13-15,17-18H,4-12,16,19-24H2,1-3H3. The summed E-state index contributed by atoms with van der Waals surface area (Å²) in [5.74, 6) is 2.21. The minimum atomic E-state index is 0.324. The fourth-order valence-corrected chi connectivity index (χ4v) is 5.09. The molecule has 1 saturated heterocycles. The van der Waals surface area contributed by atoms with Crippen LogP contribution in [0.3, 0.4) is 0 Å². The fraction of sp³-hybridized carbons (Fsp3) is 0.633. The Kier molecular flexibility index (Phi) is 11.5. The number of unbranched alkanes of at least 4 members (excludes halogenated alkanes) is 8. The number of hydrogen-bond donors (Lipinski definition) is 0. The highest BCUT2D eigenvalue weighted by molar-refractivity contribution is 5.76. The Morgan fingerprint density at radius 1 is 0.829 bits per heavy atom. The Bertz CT molecular complexity index is 891. The molecular weight excluding hydrogens is 432 g/mol. The van der Waals surface area contributed by atoms with Gasteiger partial charge in [-0.15, -0.1) is 0 Å². The summed E-state index contributed by atoms with van der Waals surface area (Å²) in [5, 5.41) is 0. The number of amides is 1. The lowest BCUT2D eigenvalue weighted by Gasteiger charge is -2.36. The third-order valence-corrected chi connectivity index (χ3v) is 7.17. The predicted octanol–water partition coefficient (Wildman–Crippen LogP) is 6.51. The Morgan fingerprint density at radius 2 is 1.46 bits per heavy atom. The number of aryl methyl sites for hydroxylation is 2. The third kappa shape index (κ3) is 8.63. The summed E-state index contributed by atoms with van der Waals surface area (Å²) in [4.78, 5) is 26.9. The summed E-state index contributed by atoms with van der Waals surface area (Å²) < 4.78 is 0. The third-order valence-electron chi connectivity index (χ3n) is 7.17. The Labute approximate surface area is 213 Å². The van der Waals surface area contributed by atoms with Crippen molar-refractivity contribution in [3.05, 3.63) is 53.0 Å². The molecule has 1 aliphatic heterocycles. The summed E-state index contributed by atoms with van der Waals surface area (Å²) in [5.41, 5.74) is 3.66. The molecule has 35 heavy (non-hydrogen) atoms. The topological polar surface area (TPSA) is 49.3 Å². The van der Waals surface area contributed by atoms with E-state index < -0.39 is 0 Å². The van der Waals surface area contributed by atoms with Crippen molar-refractivity contribution < 1.29 is 4.79 Å². The Balaban J connectivity index is 1.48. The van der Waals surface area contributed by atoms with Gasteiger partial charge in [0.2, 0.25) is 5.91 Å². The molecule has 1 aliphatic rings. The van der Waals surface area contributed by atoms with Gasteiger partial charge >= 0.3 is 0 Å². The minimum absolute atomic E-state index is 0.324. The molecule has 0 atom stereocenters. The van der Waals surface area contributed by atoms with Gasteiger partial charge < -0.3 is 9.80 Å². The van der Waals surface area contributed by atoms with Crippen LogP contribution in [0.1, 0.15) is 101 Å². The maximum atomic E-state index is 12.8. The van der Waals surface area contributed by atoms with E-state index in [1.165, 1.54) is 62.5 Å². The van der Waals surface area contributed by atoms with Crippen LogP contribution in [0.15, 0.2) is 30.3 Å². The molecule has 0 N–H and O–H groups in total. The summed E-state index contributed by atoms with van der Waals surface area (Å²) >= 11 is 0. The van der Waals surface area contributed by atoms with Crippen LogP contribution in [-0.2, 0) is 17.6 Å². The second-order valence-electron chi connectivity index (χ2n) is 9.98. The lowest BCUT2D eigenvalue weighted by atomic mass is 10.0. The van der Waals surface area contributed by atoms with Crippen molar-refractivity contribution in [1.29, 1.82) is 0 Å². The largest absolute Gasteiger partial charge is 0.353 e. The first kappa shape index (κ1) is 27.2. The van der Waals surface area contributed by atoms with Crippen LogP contribution >= 0.6 is 0 Å². The second-order valence-corrected chi connectivity index (χ2v) is 9.98. The van der Waals surface area contributed by atoms with Crippen molar-refractivity contribution in [1.82, 2.24) is 14.9 Å². The van der Waals surface area contributed by atoms with Gasteiger partial charge in [0.05, 0.1) is 0 Å². The first-order valence-corrected chi connectivity index (χ1v) is 14.0. The first-order chi connectivity index (χ1) is 17.1. The summed E-state index contributed by atoms with van der Waals surface area (Å²) in [6.45, 7) is 9.66. The monoisotopic (exact) mass is 478 g/mol. The van der Waals surface area contributed by atoms with Gasteiger partial charge in [-0.3, -0.25) is 4.79 Å². The lowest BCUT2D eigenvalue weighted by Crippen LogP contribution is -2.49. The number of carbonyl (C=O) groups excluding carboxylic acids is 1. The van der Waals surface area contributed by atoms with Gasteiger partial charge in [0, 0.05) is 50.3 Å². The van der Waals surface area contributed by atoms with E-state index in [4.69, 9.17) is 9.97 Å². The van der Waals surface area contributed by atoms with Gasteiger partial charge in [0.15, 0.2) is 0 Å². The quantitative estimate of drug-likeness (QED) is 0.291. The van der Waals surface area contributed by atoms with Crippen LogP contribution < -0.4 is 4.90 Å². The van der Waals surface area contributed by atoms with E-state index >= 15 is 0 Å². The smallest absolute Gasteiger partial charge is 0.222 e. The van der Waals surface area contributed by atoms with Crippen LogP contribution in [0, 0.1) is 6.92 Å². The fourth-order valence-electron chi connectivity index (χ4n) is 5.09. The van der Waals surface area contributed by atoms with Gasteiger partial charge in [0.25, 0.3) is 0 Å². The van der Waals surface area contributed by atoms with E-state index in [-0.39, 0.29) is 0 Å². The average molecular weight is 479 g/mol. The van der Waals surface area contributed by atoms with Gasteiger partial charge in [-0.1, -0.05) is 95.5 Å². The maximum absolute atomic E-state index is 12.8. The Morgan fingerprint density at radius 3 is 2.09 bits per heavy atom. The molecule has 1 fully saturated rings. The molecule has 1 aromatic carbocycles. The molecule has 2 aromatic rings. The molecule has 3 rings (SSSR count). The van der Waals surface area contributed by atoms with Crippen LogP contribution in [-0.4, -0.2) is 47.0 Å². The van der Waals surface area contributed by atoms with E-state index in [1.807, 2.05) is 6.92 Å². The highest BCUT2D eigenvalue weighted by atomic mass is 16.2. The van der Waals surface area contributed by atoms with Crippen molar-refractivity contribution in [2.45, 2.75) is 97.8 Å².